The number of nitrogens with zero attached hydrogens (tertiary/aromatic N) is 2. The summed E-state index contributed by atoms with van der Waals surface area (Å²) in [6, 6.07) is 8.98. The lowest BCUT2D eigenvalue weighted by Crippen LogP contribution is -2.32. The van der Waals surface area contributed by atoms with Crippen molar-refractivity contribution in [3.63, 3.8) is 0 Å². The average molecular weight is 361 g/mol. The maximum atomic E-state index is 5.92. The van der Waals surface area contributed by atoms with E-state index in [1.807, 2.05) is 0 Å². The molecule has 1 unspecified atom stereocenters. The van der Waals surface area contributed by atoms with Crippen LogP contribution in [0.4, 0.5) is 0 Å². The van der Waals surface area contributed by atoms with Crippen LogP contribution in [0.1, 0.15) is 18.0 Å². The molecule has 3 nitrogen and oxygen atoms in total. The van der Waals surface area contributed by atoms with Gasteiger partial charge in [-0.05, 0) is 80.9 Å². The lowest BCUT2D eigenvalue weighted by Gasteiger charge is -2.27. The fourth-order valence-electron chi connectivity index (χ4n) is 2.05. The predicted octanol–water partition coefficient (Wildman–Crippen LogP) is 2.17. The van der Waals surface area contributed by atoms with Crippen molar-refractivity contribution >= 4 is 22.6 Å². The van der Waals surface area contributed by atoms with E-state index in [1.165, 1.54) is 15.6 Å². The van der Waals surface area contributed by atoms with Crippen LogP contribution in [0, 0.1) is 3.57 Å². The number of hydrogen-bond donors (Lipinski definition) is 1. The standard InChI is InChI=1S/C14H24IN3/c1-17(2)9-4-10-18(3)14(11-16)12-5-7-13(15)8-6-12/h5-8,14H,4,9-11,16H2,1-3H3. The van der Waals surface area contributed by atoms with Crippen molar-refractivity contribution in [1.82, 2.24) is 9.80 Å². The Bertz CT molecular complexity index is 337. The molecule has 2 N–H and O–H groups in total. The second kappa shape index (κ2) is 8.09. The van der Waals surface area contributed by atoms with Gasteiger partial charge in [0.1, 0.15) is 0 Å². The molecule has 0 radical (unpaired) electrons. The van der Waals surface area contributed by atoms with Crippen molar-refractivity contribution in [2.75, 3.05) is 40.8 Å². The number of nitrogens with two attached hydrogens (primary N) is 1. The summed E-state index contributed by atoms with van der Waals surface area (Å²) in [5.74, 6) is 0. The molecular weight excluding hydrogens is 337 g/mol. The Labute approximate surface area is 124 Å². The summed E-state index contributed by atoms with van der Waals surface area (Å²) in [7, 11) is 6.38. The lowest BCUT2D eigenvalue weighted by molar-refractivity contribution is 0.235. The van der Waals surface area contributed by atoms with Gasteiger partial charge in [-0.2, -0.15) is 0 Å². The first-order valence-corrected chi connectivity index (χ1v) is 7.43. The van der Waals surface area contributed by atoms with E-state index in [-0.39, 0.29) is 0 Å². The first kappa shape index (κ1) is 15.9. The highest BCUT2D eigenvalue weighted by Crippen LogP contribution is 2.19. The molecule has 0 aliphatic rings. The SMILES string of the molecule is CN(C)CCCN(C)C(CN)c1ccc(I)cc1. The molecule has 1 aromatic rings. The molecule has 0 saturated carbocycles. The van der Waals surface area contributed by atoms with Crippen LogP contribution in [0.25, 0.3) is 0 Å². The zero-order chi connectivity index (χ0) is 13.5. The second-order valence-electron chi connectivity index (χ2n) is 4.94. The topological polar surface area (TPSA) is 32.5 Å². The number of halogens is 1. The number of likely N-dealkylation sites (N-methyl/N-ethyl adjacent to an activating group) is 1. The quantitative estimate of drug-likeness (QED) is 0.756. The maximum absolute atomic E-state index is 5.92. The number of benzene rings is 1. The minimum atomic E-state index is 0.323. The largest absolute Gasteiger partial charge is 0.329 e. The van der Waals surface area contributed by atoms with Crippen LogP contribution in [0.3, 0.4) is 0 Å². The fourth-order valence-corrected chi connectivity index (χ4v) is 2.41. The summed E-state index contributed by atoms with van der Waals surface area (Å²) in [6.45, 7) is 2.86. The third-order valence-electron chi connectivity index (χ3n) is 3.13. The molecule has 0 aliphatic heterocycles. The van der Waals surface area contributed by atoms with Crippen LogP contribution >= 0.6 is 22.6 Å². The third kappa shape index (κ3) is 5.22. The summed E-state index contributed by atoms with van der Waals surface area (Å²) in [5, 5.41) is 0. The fraction of sp³-hybridized carbons (Fsp3) is 0.571. The monoisotopic (exact) mass is 361 g/mol. The normalized spacial score (nSPS) is 13.3. The minimum Gasteiger partial charge on any atom is -0.329 e. The molecule has 102 valence electrons. The van der Waals surface area contributed by atoms with Crippen LogP contribution in [-0.4, -0.2) is 50.6 Å². The lowest BCUT2D eigenvalue weighted by atomic mass is 10.1. The molecular formula is C14H24IN3. The van der Waals surface area contributed by atoms with E-state index in [0.717, 1.165) is 13.1 Å². The van der Waals surface area contributed by atoms with Gasteiger partial charge in [-0.25, -0.2) is 0 Å². The van der Waals surface area contributed by atoms with Gasteiger partial charge < -0.3 is 10.6 Å². The predicted molar refractivity (Wildman–Crippen MR) is 86.8 cm³/mol. The van der Waals surface area contributed by atoms with Crippen LogP contribution in [0.5, 0.6) is 0 Å². The Morgan fingerprint density at radius 1 is 1.11 bits per heavy atom. The van der Waals surface area contributed by atoms with Crippen LogP contribution in [0.2, 0.25) is 0 Å². The Morgan fingerprint density at radius 3 is 2.22 bits per heavy atom. The van der Waals surface area contributed by atoms with Crippen molar-refractivity contribution in [3.8, 4) is 0 Å². The van der Waals surface area contributed by atoms with Crippen molar-refractivity contribution in [2.24, 2.45) is 5.73 Å². The highest BCUT2D eigenvalue weighted by molar-refractivity contribution is 14.1. The van der Waals surface area contributed by atoms with Gasteiger partial charge in [0.15, 0.2) is 0 Å². The van der Waals surface area contributed by atoms with Crippen LogP contribution in [-0.2, 0) is 0 Å². The number of hydrogen-bond acceptors (Lipinski definition) is 3. The summed E-state index contributed by atoms with van der Waals surface area (Å²) in [5.41, 5.74) is 7.23. The average Bonchev–Trinajstić information content (AvgIpc) is 2.32. The molecule has 1 rings (SSSR count). The van der Waals surface area contributed by atoms with Gasteiger partial charge in [0.2, 0.25) is 0 Å². The van der Waals surface area contributed by atoms with E-state index in [2.05, 4.69) is 77.8 Å². The highest BCUT2D eigenvalue weighted by Gasteiger charge is 2.14. The molecule has 0 saturated heterocycles. The molecule has 1 atom stereocenters. The first-order chi connectivity index (χ1) is 8.54. The highest BCUT2D eigenvalue weighted by atomic mass is 127. The third-order valence-corrected chi connectivity index (χ3v) is 3.85. The molecule has 0 fully saturated rings. The molecule has 0 bridgehead atoms. The first-order valence-electron chi connectivity index (χ1n) is 6.35. The van der Waals surface area contributed by atoms with E-state index in [0.29, 0.717) is 12.6 Å². The van der Waals surface area contributed by atoms with E-state index in [9.17, 15) is 0 Å². The summed E-state index contributed by atoms with van der Waals surface area (Å²) < 4.78 is 1.27. The van der Waals surface area contributed by atoms with Gasteiger partial charge in [0.05, 0.1) is 0 Å². The van der Waals surface area contributed by atoms with Gasteiger partial charge in [0, 0.05) is 16.2 Å². The molecule has 1 aromatic carbocycles. The smallest absolute Gasteiger partial charge is 0.0467 e. The second-order valence-corrected chi connectivity index (χ2v) is 6.19. The molecule has 0 aromatic heterocycles. The zero-order valence-corrected chi connectivity index (χ0v) is 13.7. The zero-order valence-electron chi connectivity index (χ0n) is 11.6. The van der Waals surface area contributed by atoms with Gasteiger partial charge in [0.25, 0.3) is 0 Å². The van der Waals surface area contributed by atoms with Gasteiger partial charge in [-0.15, -0.1) is 0 Å². The molecule has 0 amide bonds. The minimum absolute atomic E-state index is 0.323. The molecule has 4 heteroatoms. The van der Waals surface area contributed by atoms with Crippen molar-refractivity contribution in [3.05, 3.63) is 33.4 Å². The molecule has 18 heavy (non-hydrogen) atoms. The van der Waals surface area contributed by atoms with E-state index < -0.39 is 0 Å². The van der Waals surface area contributed by atoms with E-state index >= 15 is 0 Å². The molecule has 0 spiro atoms. The summed E-state index contributed by atoms with van der Waals surface area (Å²) in [4.78, 5) is 4.57. The van der Waals surface area contributed by atoms with Crippen molar-refractivity contribution in [1.29, 1.82) is 0 Å². The molecule has 0 heterocycles. The van der Waals surface area contributed by atoms with Gasteiger partial charge >= 0.3 is 0 Å². The van der Waals surface area contributed by atoms with E-state index in [1.54, 1.807) is 0 Å². The van der Waals surface area contributed by atoms with Gasteiger partial charge in [-0.3, -0.25) is 4.90 Å². The number of rotatable bonds is 7. The van der Waals surface area contributed by atoms with E-state index in [4.69, 9.17) is 5.73 Å². The summed E-state index contributed by atoms with van der Waals surface area (Å²) in [6.07, 6.45) is 1.17. The van der Waals surface area contributed by atoms with Crippen molar-refractivity contribution in [2.45, 2.75) is 12.5 Å². The Kier molecular flexibility index (Phi) is 7.14. The Balaban J connectivity index is 2.56. The van der Waals surface area contributed by atoms with Crippen molar-refractivity contribution < 1.29 is 0 Å². The molecule has 0 aliphatic carbocycles. The maximum Gasteiger partial charge on any atom is 0.0467 e. The Morgan fingerprint density at radius 2 is 1.72 bits per heavy atom. The van der Waals surface area contributed by atoms with Crippen LogP contribution in [0.15, 0.2) is 24.3 Å². The van der Waals surface area contributed by atoms with Crippen LogP contribution < -0.4 is 5.73 Å². The Hall–Kier alpha value is -0.170. The van der Waals surface area contributed by atoms with Gasteiger partial charge in [-0.1, -0.05) is 12.1 Å². The summed E-state index contributed by atoms with van der Waals surface area (Å²) >= 11 is 2.33.